The van der Waals surface area contributed by atoms with Crippen molar-refractivity contribution in [2.75, 3.05) is 5.32 Å². The molecular weight excluding hydrogens is 369 g/mol. The number of hydrogen-bond donors (Lipinski definition) is 1. The molecule has 1 N–H and O–H groups in total. The van der Waals surface area contributed by atoms with Gasteiger partial charge in [0.2, 0.25) is 10.9 Å². The van der Waals surface area contributed by atoms with E-state index in [4.69, 9.17) is 0 Å². The van der Waals surface area contributed by atoms with Crippen LogP contribution in [0, 0.1) is 26.6 Å². The highest BCUT2D eigenvalue weighted by Gasteiger charge is 2.18. The second kappa shape index (κ2) is 6.27. The SMILES string of the molecule is Cc1ccc(F)c(NC(=O)Cn2c(C)cc3nc4sc(C)nn4c(=O)c32)c1. The fourth-order valence-corrected chi connectivity index (χ4v) is 3.77. The standard InChI is InChI=1S/C18H16FN5O2S/c1-9-4-5-12(19)13(6-9)20-15(25)8-23-10(2)7-14-16(23)17(26)24-18(21-14)27-11(3)22-24/h4-7H,8H2,1-3H3,(H,20,25). The van der Waals surface area contributed by atoms with Gasteiger partial charge in [-0.25, -0.2) is 9.37 Å². The summed E-state index contributed by atoms with van der Waals surface area (Å²) in [5, 5.41) is 7.47. The number of rotatable bonds is 3. The van der Waals surface area contributed by atoms with Crippen LogP contribution < -0.4 is 10.9 Å². The lowest BCUT2D eigenvalue weighted by Gasteiger charge is -2.10. The smallest absolute Gasteiger partial charge is 0.299 e. The molecule has 7 nitrogen and oxygen atoms in total. The lowest BCUT2D eigenvalue weighted by atomic mass is 10.2. The molecule has 138 valence electrons. The highest BCUT2D eigenvalue weighted by molar-refractivity contribution is 7.16. The summed E-state index contributed by atoms with van der Waals surface area (Å²) >= 11 is 1.33. The summed E-state index contributed by atoms with van der Waals surface area (Å²) in [6.07, 6.45) is 0. The maximum Gasteiger partial charge on any atom is 0.299 e. The van der Waals surface area contributed by atoms with E-state index in [0.29, 0.717) is 21.7 Å². The minimum Gasteiger partial charge on any atom is -0.330 e. The number of hydrogen-bond acceptors (Lipinski definition) is 5. The van der Waals surface area contributed by atoms with Crippen molar-refractivity contribution in [2.24, 2.45) is 0 Å². The molecule has 0 saturated carbocycles. The number of amides is 1. The fourth-order valence-electron chi connectivity index (χ4n) is 3.03. The Morgan fingerprint density at radius 2 is 2.04 bits per heavy atom. The van der Waals surface area contributed by atoms with Gasteiger partial charge in [-0.15, -0.1) is 0 Å². The third kappa shape index (κ3) is 2.99. The van der Waals surface area contributed by atoms with Gasteiger partial charge in [-0.1, -0.05) is 17.4 Å². The summed E-state index contributed by atoms with van der Waals surface area (Å²) in [4.78, 5) is 30.3. The Kier molecular flexibility index (Phi) is 4.03. The minimum absolute atomic E-state index is 0.112. The molecule has 0 spiro atoms. The Morgan fingerprint density at radius 1 is 1.26 bits per heavy atom. The van der Waals surface area contributed by atoms with E-state index < -0.39 is 11.7 Å². The molecule has 3 heterocycles. The molecule has 0 fully saturated rings. The molecule has 0 aliphatic heterocycles. The van der Waals surface area contributed by atoms with Crippen LogP contribution in [0.1, 0.15) is 16.3 Å². The van der Waals surface area contributed by atoms with Crippen molar-refractivity contribution in [1.82, 2.24) is 19.2 Å². The average Bonchev–Trinajstić information content (AvgIpc) is 3.11. The highest BCUT2D eigenvalue weighted by Crippen LogP contribution is 2.19. The quantitative estimate of drug-likeness (QED) is 0.588. The van der Waals surface area contributed by atoms with Crippen molar-refractivity contribution in [2.45, 2.75) is 27.3 Å². The van der Waals surface area contributed by atoms with E-state index in [9.17, 15) is 14.0 Å². The highest BCUT2D eigenvalue weighted by atomic mass is 32.1. The van der Waals surface area contributed by atoms with Crippen molar-refractivity contribution >= 4 is 38.9 Å². The molecule has 1 aromatic carbocycles. The van der Waals surface area contributed by atoms with Gasteiger partial charge in [0.1, 0.15) is 22.9 Å². The van der Waals surface area contributed by atoms with Gasteiger partial charge in [0.15, 0.2) is 0 Å². The Balaban J connectivity index is 1.74. The molecule has 0 aliphatic rings. The number of carbonyl (C=O) groups is 1. The predicted molar refractivity (Wildman–Crippen MR) is 102 cm³/mol. The van der Waals surface area contributed by atoms with Crippen molar-refractivity contribution < 1.29 is 9.18 Å². The molecule has 27 heavy (non-hydrogen) atoms. The first-order chi connectivity index (χ1) is 12.8. The molecule has 4 aromatic rings. The summed E-state index contributed by atoms with van der Waals surface area (Å²) in [6, 6.07) is 6.25. The summed E-state index contributed by atoms with van der Waals surface area (Å²) in [7, 11) is 0. The van der Waals surface area contributed by atoms with Crippen molar-refractivity contribution in [1.29, 1.82) is 0 Å². The maximum atomic E-state index is 13.9. The van der Waals surface area contributed by atoms with Crippen LogP contribution in [0.3, 0.4) is 0 Å². The third-order valence-corrected chi connectivity index (χ3v) is 5.08. The monoisotopic (exact) mass is 385 g/mol. The minimum atomic E-state index is -0.510. The number of aryl methyl sites for hydroxylation is 3. The van der Waals surface area contributed by atoms with Gasteiger partial charge in [-0.3, -0.25) is 9.59 Å². The van der Waals surface area contributed by atoms with Gasteiger partial charge < -0.3 is 9.88 Å². The van der Waals surface area contributed by atoms with Crippen LogP contribution >= 0.6 is 11.3 Å². The van der Waals surface area contributed by atoms with Crippen molar-refractivity contribution in [3.8, 4) is 0 Å². The molecule has 9 heteroatoms. The first-order valence-electron chi connectivity index (χ1n) is 8.26. The lowest BCUT2D eigenvalue weighted by molar-refractivity contribution is -0.116. The Hall–Kier alpha value is -3.07. The zero-order valence-electron chi connectivity index (χ0n) is 14.9. The molecule has 0 saturated heterocycles. The van der Waals surface area contributed by atoms with E-state index in [2.05, 4.69) is 15.4 Å². The van der Waals surface area contributed by atoms with Crippen molar-refractivity contribution in [3.05, 3.63) is 56.7 Å². The van der Waals surface area contributed by atoms with Crippen LogP contribution in [0.5, 0.6) is 0 Å². The number of anilines is 1. The lowest BCUT2D eigenvalue weighted by Crippen LogP contribution is -2.24. The number of nitrogens with zero attached hydrogens (tertiary/aromatic N) is 4. The number of carbonyl (C=O) groups excluding carboxylic acids is 1. The molecule has 1 amide bonds. The summed E-state index contributed by atoms with van der Waals surface area (Å²) in [5.74, 6) is -0.941. The first-order valence-corrected chi connectivity index (χ1v) is 9.07. The molecule has 0 aliphatic carbocycles. The molecule has 0 unspecified atom stereocenters. The van der Waals surface area contributed by atoms with Gasteiger partial charge in [0.25, 0.3) is 5.56 Å². The van der Waals surface area contributed by atoms with Crippen LogP contribution in [0.4, 0.5) is 10.1 Å². The molecule has 0 radical (unpaired) electrons. The Bertz CT molecular complexity index is 1270. The van der Waals surface area contributed by atoms with Gasteiger partial charge in [-0.05, 0) is 44.5 Å². The van der Waals surface area contributed by atoms with Crippen LogP contribution in [0.15, 0.2) is 29.1 Å². The molecule has 0 bridgehead atoms. The number of nitrogens with one attached hydrogen (secondary N) is 1. The predicted octanol–water partition coefficient (Wildman–Crippen LogP) is 2.81. The van der Waals surface area contributed by atoms with Gasteiger partial charge >= 0.3 is 0 Å². The molecule has 4 rings (SSSR count). The van der Waals surface area contributed by atoms with E-state index in [-0.39, 0.29) is 17.8 Å². The van der Waals surface area contributed by atoms with Gasteiger partial charge in [-0.2, -0.15) is 9.61 Å². The summed E-state index contributed by atoms with van der Waals surface area (Å²) in [5.41, 5.74) is 2.14. The van der Waals surface area contributed by atoms with E-state index in [0.717, 1.165) is 10.6 Å². The second-order valence-electron chi connectivity index (χ2n) is 6.37. The fraction of sp³-hybridized carbons (Fsp3) is 0.222. The molecule has 3 aromatic heterocycles. The van der Waals surface area contributed by atoms with Crippen LogP contribution in [-0.4, -0.2) is 25.1 Å². The second-order valence-corrected chi connectivity index (χ2v) is 7.53. The summed E-state index contributed by atoms with van der Waals surface area (Å²) < 4.78 is 16.7. The molecular formula is C18H16FN5O2S. The Morgan fingerprint density at radius 3 is 2.81 bits per heavy atom. The number of benzene rings is 1. The third-order valence-electron chi connectivity index (χ3n) is 4.25. The van der Waals surface area contributed by atoms with Gasteiger partial charge in [0, 0.05) is 5.69 Å². The normalized spacial score (nSPS) is 11.4. The van der Waals surface area contributed by atoms with Crippen LogP contribution in [0.25, 0.3) is 16.0 Å². The first kappa shape index (κ1) is 17.3. The van der Waals surface area contributed by atoms with E-state index in [1.807, 2.05) is 6.92 Å². The average molecular weight is 385 g/mol. The number of aromatic nitrogens is 4. The van der Waals surface area contributed by atoms with Crippen molar-refractivity contribution in [3.63, 3.8) is 0 Å². The number of fused-ring (bicyclic) bond motifs is 2. The van der Waals surface area contributed by atoms with Gasteiger partial charge in [0.05, 0.1) is 11.2 Å². The maximum absolute atomic E-state index is 13.9. The van der Waals surface area contributed by atoms with Crippen LogP contribution in [-0.2, 0) is 11.3 Å². The zero-order chi connectivity index (χ0) is 19.3. The Labute approximate surface area is 157 Å². The largest absolute Gasteiger partial charge is 0.330 e. The number of halogens is 1. The van der Waals surface area contributed by atoms with E-state index in [1.165, 1.54) is 21.9 Å². The topological polar surface area (TPSA) is 81.3 Å². The van der Waals surface area contributed by atoms with Crippen LogP contribution in [0.2, 0.25) is 0 Å². The molecule has 0 atom stereocenters. The summed E-state index contributed by atoms with van der Waals surface area (Å²) in [6.45, 7) is 5.27. The van der Waals surface area contributed by atoms with E-state index >= 15 is 0 Å². The van der Waals surface area contributed by atoms with E-state index in [1.54, 1.807) is 36.6 Å². The zero-order valence-corrected chi connectivity index (χ0v) is 15.7.